The molecular formula is C28H24N2O3S. The van der Waals surface area contributed by atoms with Crippen molar-refractivity contribution in [1.82, 2.24) is 0 Å². The smallest absolute Gasteiger partial charge is 0.255 e. The molecule has 6 heteroatoms. The first-order chi connectivity index (χ1) is 16.4. The molecule has 0 fully saturated rings. The Labute approximate surface area is 202 Å². The van der Waals surface area contributed by atoms with Crippen molar-refractivity contribution in [2.75, 3.05) is 10.6 Å². The summed E-state index contributed by atoms with van der Waals surface area (Å²) in [4.78, 5) is 37.7. The van der Waals surface area contributed by atoms with Gasteiger partial charge in [0.15, 0.2) is 5.78 Å². The Morgan fingerprint density at radius 2 is 1.41 bits per heavy atom. The number of nitrogens with one attached hydrogen (secondary N) is 2. The lowest BCUT2D eigenvalue weighted by molar-refractivity contribution is -0.115. The number of ketones is 1. The number of carbonyl (C=O) groups excluding carboxylic acids is 3. The van der Waals surface area contributed by atoms with Crippen molar-refractivity contribution >= 4 is 51.5 Å². The number of rotatable bonds is 7. The molecule has 0 aromatic heterocycles. The molecule has 4 aromatic carbocycles. The van der Waals surface area contributed by atoms with E-state index in [0.717, 1.165) is 15.7 Å². The summed E-state index contributed by atoms with van der Waals surface area (Å²) < 4.78 is 0. The maximum atomic E-state index is 12.8. The highest BCUT2D eigenvalue weighted by atomic mass is 32.2. The van der Waals surface area contributed by atoms with Gasteiger partial charge >= 0.3 is 0 Å². The summed E-state index contributed by atoms with van der Waals surface area (Å²) in [7, 11) is 0. The molecule has 4 aromatic rings. The number of fused-ring (bicyclic) bond motifs is 1. The summed E-state index contributed by atoms with van der Waals surface area (Å²) in [5.74, 6) is -0.353. The van der Waals surface area contributed by atoms with E-state index in [1.54, 1.807) is 24.3 Å². The Morgan fingerprint density at radius 3 is 2.15 bits per heavy atom. The minimum atomic E-state index is -0.362. The average molecular weight is 469 g/mol. The van der Waals surface area contributed by atoms with Gasteiger partial charge in [-0.2, -0.15) is 0 Å². The van der Waals surface area contributed by atoms with Crippen LogP contribution in [0.2, 0.25) is 0 Å². The number of hydrogen-bond acceptors (Lipinski definition) is 4. The fraction of sp³-hybridized carbons (Fsp3) is 0.107. The van der Waals surface area contributed by atoms with Gasteiger partial charge in [-0.25, -0.2) is 0 Å². The average Bonchev–Trinajstić information content (AvgIpc) is 2.84. The summed E-state index contributed by atoms with van der Waals surface area (Å²) in [6, 6.07) is 27.8. The molecule has 0 radical (unpaired) electrons. The zero-order chi connectivity index (χ0) is 24.1. The molecule has 4 rings (SSSR count). The Hall–Kier alpha value is -3.90. The predicted molar refractivity (Wildman–Crippen MR) is 139 cm³/mol. The van der Waals surface area contributed by atoms with Gasteiger partial charge in [-0.1, -0.05) is 36.4 Å². The van der Waals surface area contributed by atoms with Gasteiger partial charge in [-0.05, 0) is 79.2 Å². The molecular weight excluding hydrogens is 444 g/mol. The number of thioether (sulfide) groups is 1. The second-order valence-electron chi connectivity index (χ2n) is 7.93. The normalized spacial score (nSPS) is 11.6. The minimum absolute atomic E-state index is 0.0191. The SMILES string of the molecule is CC(=O)c1ccc(NC(=O)C(C)Sc2cccc(NC(=O)c3ccc4ccccc4c3)c2)cc1. The highest BCUT2D eigenvalue weighted by Gasteiger charge is 2.15. The van der Waals surface area contributed by atoms with Crippen molar-refractivity contribution in [2.24, 2.45) is 0 Å². The molecule has 0 aliphatic heterocycles. The maximum absolute atomic E-state index is 12.8. The van der Waals surface area contributed by atoms with Crippen LogP contribution >= 0.6 is 11.8 Å². The van der Waals surface area contributed by atoms with Crippen molar-refractivity contribution in [3.63, 3.8) is 0 Å². The van der Waals surface area contributed by atoms with E-state index >= 15 is 0 Å². The Bertz CT molecular complexity index is 1370. The van der Waals surface area contributed by atoms with E-state index in [4.69, 9.17) is 0 Å². The van der Waals surface area contributed by atoms with Crippen LogP contribution in [0, 0.1) is 0 Å². The summed E-state index contributed by atoms with van der Waals surface area (Å²) in [5, 5.41) is 7.54. The quantitative estimate of drug-likeness (QED) is 0.243. The van der Waals surface area contributed by atoms with E-state index in [2.05, 4.69) is 10.6 Å². The summed E-state index contributed by atoms with van der Waals surface area (Å²) in [6.07, 6.45) is 0. The van der Waals surface area contributed by atoms with E-state index in [9.17, 15) is 14.4 Å². The van der Waals surface area contributed by atoms with Crippen LogP contribution in [0.4, 0.5) is 11.4 Å². The molecule has 0 spiro atoms. The topological polar surface area (TPSA) is 75.3 Å². The van der Waals surface area contributed by atoms with Gasteiger partial charge in [0.05, 0.1) is 5.25 Å². The molecule has 0 aliphatic rings. The van der Waals surface area contributed by atoms with E-state index < -0.39 is 0 Å². The lowest BCUT2D eigenvalue weighted by Gasteiger charge is -2.13. The minimum Gasteiger partial charge on any atom is -0.325 e. The Balaban J connectivity index is 1.38. The standard InChI is InChI=1S/C28H24N2O3S/c1-18(31)20-12-14-24(15-13-20)29-27(32)19(2)34-26-9-5-8-25(17-26)30-28(33)23-11-10-21-6-3-4-7-22(21)16-23/h3-17,19H,1-2H3,(H,29,32)(H,30,33). The zero-order valence-corrected chi connectivity index (χ0v) is 19.7. The maximum Gasteiger partial charge on any atom is 0.255 e. The molecule has 2 N–H and O–H groups in total. The molecule has 1 atom stereocenters. The lowest BCUT2D eigenvalue weighted by Crippen LogP contribution is -2.22. The molecule has 1 unspecified atom stereocenters. The van der Waals surface area contributed by atoms with Crippen molar-refractivity contribution in [1.29, 1.82) is 0 Å². The first kappa shape index (κ1) is 23.3. The fourth-order valence-electron chi connectivity index (χ4n) is 3.47. The number of carbonyl (C=O) groups is 3. The molecule has 0 aliphatic carbocycles. The van der Waals surface area contributed by atoms with Crippen LogP contribution in [0.5, 0.6) is 0 Å². The van der Waals surface area contributed by atoms with Crippen LogP contribution < -0.4 is 10.6 Å². The van der Waals surface area contributed by atoms with Crippen molar-refractivity contribution in [2.45, 2.75) is 24.0 Å². The molecule has 2 amide bonds. The summed E-state index contributed by atoms with van der Waals surface area (Å²) in [5.41, 5.74) is 2.48. The zero-order valence-electron chi connectivity index (χ0n) is 18.9. The first-order valence-corrected chi connectivity index (χ1v) is 11.8. The lowest BCUT2D eigenvalue weighted by atomic mass is 10.1. The number of anilines is 2. The number of benzene rings is 4. The molecule has 170 valence electrons. The van der Waals surface area contributed by atoms with E-state index in [1.165, 1.54) is 18.7 Å². The summed E-state index contributed by atoms with van der Waals surface area (Å²) in [6.45, 7) is 3.33. The largest absolute Gasteiger partial charge is 0.325 e. The van der Waals surface area contributed by atoms with E-state index in [0.29, 0.717) is 22.5 Å². The highest BCUT2D eigenvalue weighted by Crippen LogP contribution is 2.27. The van der Waals surface area contributed by atoms with Crippen molar-refractivity contribution < 1.29 is 14.4 Å². The Morgan fingerprint density at radius 1 is 0.706 bits per heavy atom. The third kappa shape index (κ3) is 5.71. The predicted octanol–water partition coefficient (Wildman–Crippen LogP) is 6.41. The second-order valence-corrected chi connectivity index (χ2v) is 9.34. The molecule has 0 bridgehead atoms. The van der Waals surface area contributed by atoms with E-state index in [-0.39, 0.29) is 22.8 Å². The van der Waals surface area contributed by atoms with Gasteiger partial charge in [0.25, 0.3) is 5.91 Å². The number of hydrogen-bond donors (Lipinski definition) is 2. The van der Waals surface area contributed by atoms with Gasteiger partial charge < -0.3 is 10.6 Å². The van der Waals surface area contributed by atoms with Crippen LogP contribution in [-0.2, 0) is 4.79 Å². The van der Waals surface area contributed by atoms with Gasteiger partial charge in [0, 0.05) is 27.4 Å². The van der Waals surface area contributed by atoms with Crippen molar-refractivity contribution in [3.05, 3.63) is 102 Å². The molecule has 0 saturated heterocycles. The van der Waals surface area contributed by atoms with E-state index in [1.807, 2.05) is 73.7 Å². The van der Waals surface area contributed by atoms with Crippen LogP contribution in [0.3, 0.4) is 0 Å². The second kappa shape index (κ2) is 10.4. The third-order valence-electron chi connectivity index (χ3n) is 5.34. The van der Waals surface area contributed by atoms with Gasteiger partial charge in [-0.15, -0.1) is 11.8 Å². The summed E-state index contributed by atoms with van der Waals surface area (Å²) >= 11 is 1.40. The monoisotopic (exact) mass is 468 g/mol. The van der Waals surface area contributed by atoms with Crippen molar-refractivity contribution in [3.8, 4) is 0 Å². The molecule has 5 nitrogen and oxygen atoms in total. The van der Waals surface area contributed by atoms with Crippen LogP contribution in [0.15, 0.2) is 95.9 Å². The number of amides is 2. The molecule has 0 heterocycles. The van der Waals surface area contributed by atoms with Gasteiger partial charge in [0.2, 0.25) is 5.91 Å². The fourth-order valence-corrected chi connectivity index (χ4v) is 4.40. The molecule has 34 heavy (non-hydrogen) atoms. The molecule has 0 saturated carbocycles. The third-order valence-corrected chi connectivity index (χ3v) is 6.44. The highest BCUT2D eigenvalue weighted by molar-refractivity contribution is 8.00. The van der Waals surface area contributed by atoms with Crippen LogP contribution in [0.25, 0.3) is 10.8 Å². The number of Topliss-reactive ketones (excluding diaryl/α,β-unsaturated/α-hetero) is 1. The van der Waals surface area contributed by atoms with Crippen LogP contribution in [0.1, 0.15) is 34.6 Å². The van der Waals surface area contributed by atoms with Gasteiger partial charge in [0.1, 0.15) is 0 Å². The van der Waals surface area contributed by atoms with Gasteiger partial charge in [-0.3, -0.25) is 14.4 Å². The first-order valence-electron chi connectivity index (χ1n) is 10.9. The van der Waals surface area contributed by atoms with Crippen LogP contribution in [-0.4, -0.2) is 22.8 Å². The Kier molecular flexibility index (Phi) is 7.09.